The average Bonchev–Trinajstić information content (AvgIpc) is 2.84. The first kappa shape index (κ1) is 8.67. The van der Waals surface area contributed by atoms with Gasteiger partial charge in [0.2, 0.25) is 5.78 Å². The van der Waals surface area contributed by atoms with Crippen LogP contribution >= 0.6 is 15.9 Å². The average molecular weight is 264 g/mol. The lowest BCUT2D eigenvalue weighted by molar-refractivity contribution is 0.568. The van der Waals surface area contributed by atoms with Crippen LogP contribution < -0.4 is 0 Å². The van der Waals surface area contributed by atoms with Crippen molar-refractivity contribution in [1.82, 2.24) is 14.4 Å². The van der Waals surface area contributed by atoms with Gasteiger partial charge in [-0.25, -0.2) is 9.97 Å². The van der Waals surface area contributed by atoms with Gasteiger partial charge in [-0.1, -0.05) is 0 Å². The molecular formula is C10H6BrN3O. The number of nitrogens with zero attached hydrogens (tertiary/aromatic N) is 3. The maximum Gasteiger partial charge on any atom is 0.234 e. The van der Waals surface area contributed by atoms with Gasteiger partial charge in [-0.3, -0.25) is 4.40 Å². The number of hydrogen-bond donors (Lipinski definition) is 0. The highest BCUT2D eigenvalue weighted by Crippen LogP contribution is 2.19. The molecule has 3 heterocycles. The molecule has 0 aliphatic rings. The fourth-order valence-electron chi connectivity index (χ4n) is 1.41. The highest BCUT2D eigenvalue weighted by molar-refractivity contribution is 9.10. The van der Waals surface area contributed by atoms with Crippen LogP contribution in [0.5, 0.6) is 0 Å². The lowest BCUT2D eigenvalue weighted by Gasteiger charge is -1.90. The molecule has 0 saturated heterocycles. The fourth-order valence-corrected chi connectivity index (χ4v) is 1.73. The van der Waals surface area contributed by atoms with Crippen LogP contribution in [0.2, 0.25) is 0 Å². The lowest BCUT2D eigenvalue weighted by atomic mass is 10.3. The maximum absolute atomic E-state index is 5.01. The molecule has 15 heavy (non-hydrogen) atoms. The number of rotatable bonds is 1. The molecule has 5 heteroatoms. The van der Waals surface area contributed by atoms with Gasteiger partial charge in [0, 0.05) is 24.2 Å². The fraction of sp³-hybridized carbons (Fsp3) is 0. The molecule has 3 aromatic heterocycles. The van der Waals surface area contributed by atoms with Gasteiger partial charge in [0.05, 0.1) is 22.7 Å². The van der Waals surface area contributed by atoms with E-state index in [1.165, 1.54) is 0 Å². The second-order valence-electron chi connectivity index (χ2n) is 3.12. The van der Waals surface area contributed by atoms with Crippen LogP contribution in [-0.2, 0) is 0 Å². The van der Waals surface area contributed by atoms with Crippen molar-refractivity contribution < 1.29 is 4.42 Å². The van der Waals surface area contributed by atoms with Gasteiger partial charge >= 0.3 is 0 Å². The number of furan rings is 1. The molecular weight excluding hydrogens is 258 g/mol. The Morgan fingerprint density at radius 3 is 3.07 bits per heavy atom. The Kier molecular flexibility index (Phi) is 1.85. The molecule has 0 fully saturated rings. The molecule has 0 atom stereocenters. The third-order valence-electron chi connectivity index (χ3n) is 2.10. The Morgan fingerprint density at radius 2 is 2.27 bits per heavy atom. The molecule has 0 radical (unpaired) electrons. The van der Waals surface area contributed by atoms with Crippen molar-refractivity contribution in [3.63, 3.8) is 0 Å². The van der Waals surface area contributed by atoms with E-state index in [0.717, 1.165) is 15.7 Å². The maximum atomic E-state index is 5.01. The third-order valence-corrected chi connectivity index (χ3v) is 2.50. The Labute approximate surface area is 93.7 Å². The molecule has 74 valence electrons. The van der Waals surface area contributed by atoms with Crippen molar-refractivity contribution in [1.29, 1.82) is 0 Å². The van der Waals surface area contributed by atoms with Crippen molar-refractivity contribution in [3.05, 3.63) is 41.7 Å². The van der Waals surface area contributed by atoms with Gasteiger partial charge in [-0.2, -0.15) is 0 Å². The van der Waals surface area contributed by atoms with E-state index in [9.17, 15) is 0 Å². The van der Waals surface area contributed by atoms with E-state index in [1.54, 1.807) is 18.7 Å². The molecule has 0 amide bonds. The summed E-state index contributed by atoms with van der Waals surface area (Å²) < 4.78 is 7.80. The Morgan fingerprint density at radius 1 is 1.33 bits per heavy atom. The standard InChI is InChI=1S/C10H6BrN3O/c11-8-3-12-10-13-9(5-14(10)4-8)7-1-2-15-6-7/h1-6H. The molecule has 0 saturated carbocycles. The zero-order valence-electron chi connectivity index (χ0n) is 7.59. The van der Waals surface area contributed by atoms with Gasteiger partial charge in [-0.05, 0) is 22.0 Å². The first-order valence-corrected chi connectivity index (χ1v) is 5.15. The molecule has 0 aliphatic heterocycles. The second-order valence-corrected chi connectivity index (χ2v) is 4.03. The lowest BCUT2D eigenvalue weighted by Crippen LogP contribution is -1.85. The normalized spacial score (nSPS) is 11.0. The quantitative estimate of drug-likeness (QED) is 0.678. The van der Waals surface area contributed by atoms with Crippen LogP contribution in [0.1, 0.15) is 0 Å². The Balaban J connectivity index is 2.22. The zero-order valence-corrected chi connectivity index (χ0v) is 9.18. The minimum absolute atomic E-state index is 0.675. The minimum atomic E-state index is 0.675. The number of fused-ring (bicyclic) bond motifs is 1. The van der Waals surface area contributed by atoms with E-state index in [-0.39, 0.29) is 0 Å². The van der Waals surface area contributed by atoms with Crippen molar-refractivity contribution >= 4 is 21.7 Å². The molecule has 0 spiro atoms. The van der Waals surface area contributed by atoms with Crippen molar-refractivity contribution in [3.8, 4) is 11.3 Å². The Bertz CT molecular complexity index is 600. The molecule has 0 aromatic carbocycles. The van der Waals surface area contributed by atoms with Crippen molar-refractivity contribution in [2.75, 3.05) is 0 Å². The topological polar surface area (TPSA) is 43.3 Å². The molecule has 0 unspecified atom stereocenters. The highest BCUT2D eigenvalue weighted by Gasteiger charge is 2.05. The number of aromatic nitrogens is 3. The zero-order chi connectivity index (χ0) is 10.3. The van der Waals surface area contributed by atoms with Gasteiger partial charge in [0.1, 0.15) is 0 Å². The summed E-state index contributed by atoms with van der Waals surface area (Å²) in [6.07, 6.45) is 8.85. The summed E-state index contributed by atoms with van der Waals surface area (Å²) in [6.45, 7) is 0. The first-order chi connectivity index (χ1) is 7.33. The van der Waals surface area contributed by atoms with E-state index in [4.69, 9.17) is 4.42 Å². The summed E-state index contributed by atoms with van der Waals surface area (Å²) in [4.78, 5) is 8.55. The van der Waals surface area contributed by atoms with E-state index in [2.05, 4.69) is 25.9 Å². The van der Waals surface area contributed by atoms with Crippen molar-refractivity contribution in [2.24, 2.45) is 0 Å². The third kappa shape index (κ3) is 1.45. The summed E-state index contributed by atoms with van der Waals surface area (Å²) in [5, 5.41) is 0. The van der Waals surface area contributed by atoms with Gasteiger partial charge in [-0.15, -0.1) is 0 Å². The Hall–Kier alpha value is -1.62. The summed E-state index contributed by atoms with van der Waals surface area (Å²) >= 11 is 3.36. The highest BCUT2D eigenvalue weighted by atomic mass is 79.9. The summed E-state index contributed by atoms with van der Waals surface area (Å²) in [6, 6.07) is 1.87. The van der Waals surface area contributed by atoms with E-state index >= 15 is 0 Å². The number of imidazole rings is 1. The van der Waals surface area contributed by atoms with Crippen molar-refractivity contribution in [2.45, 2.75) is 0 Å². The molecule has 0 aliphatic carbocycles. The second kappa shape index (κ2) is 3.20. The van der Waals surface area contributed by atoms with Crippen LogP contribution in [-0.4, -0.2) is 14.4 Å². The molecule has 0 bridgehead atoms. The molecule has 3 aromatic rings. The van der Waals surface area contributed by atoms with Crippen LogP contribution in [0.3, 0.4) is 0 Å². The summed E-state index contributed by atoms with van der Waals surface area (Å²) in [7, 11) is 0. The predicted octanol–water partition coefficient (Wildman–Crippen LogP) is 2.75. The smallest absolute Gasteiger partial charge is 0.234 e. The van der Waals surface area contributed by atoms with Gasteiger partial charge in [0.15, 0.2) is 0 Å². The van der Waals surface area contributed by atoms with Gasteiger partial charge < -0.3 is 4.42 Å². The van der Waals surface area contributed by atoms with Crippen LogP contribution in [0.4, 0.5) is 0 Å². The van der Waals surface area contributed by atoms with Gasteiger partial charge in [0.25, 0.3) is 0 Å². The molecule has 3 rings (SSSR count). The summed E-state index contributed by atoms with van der Waals surface area (Å²) in [5.74, 6) is 0.675. The minimum Gasteiger partial charge on any atom is -0.472 e. The predicted molar refractivity (Wildman–Crippen MR) is 58.4 cm³/mol. The SMILES string of the molecule is Brc1cnc2nc(-c3ccoc3)cn2c1. The number of hydrogen-bond acceptors (Lipinski definition) is 3. The summed E-state index contributed by atoms with van der Waals surface area (Å²) in [5.41, 5.74) is 1.81. The first-order valence-electron chi connectivity index (χ1n) is 4.36. The largest absolute Gasteiger partial charge is 0.472 e. The van der Waals surface area contributed by atoms with Crippen LogP contribution in [0.25, 0.3) is 17.0 Å². The van der Waals surface area contributed by atoms with Crippen LogP contribution in [0, 0.1) is 0 Å². The molecule has 4 nitrogen and oxygen atoms in total. The van der Waals surface area contributed by atoms with E-state index < -0.39 is 0 Å². The number of halogens is 1. The van der Waals surface area contributed by atoms with Crippen LogP contribution in [0.15, 0.2) is 46.1 Å². The monoisotopic (exact) mass is 263 g/mol. The van der Waals surface area contributed by atoms with E-state index in [0.29, 0.717) is 5.78 Å². The molecule has 0 N–H and O–H groups in total. The van der Waals surface area contributed by atoms with E-state index in [1.807, 2.05) is 22.9 Å².